The molecular weight excluding hydrogens is 416 g/mol. The standard InChI is InChI=1S/C26H38N4O3/c1-24(2,3)28-23(32)30(25(4,5)6)22(31)17-13-26(33-8)18-10-9-11-19-21(18)16(14-27-19)12-20(26)29(7)15-17/h9-11,14,17,20,27H,12-13,15H2,1-8H3,(H,28,32)/t17?,20-,26-/m1/s1. The van der Waals surface area contributed by atoms with Gasteiger partial charge in [0, 0.05) is 47.9 Å². The molecule has 1 aromatic heterocycles. The maximum Gasteiger partial charge on any atom is 0.324 e. The van der Waals surface area contributed by atoms with Crippen LogP contribution in [0.3, 0.4) is 0 Å². The van der Waals surface area contributed by atoms with Gasteiger partial charge in [0.2, 0.25) is 5.91 Å². The van der Waals surface area contributed by atoms with Crippen molar-refractivity contribution in [1.82, 2.24) is 20.1 Å². The summed E-state index contributed by atoms with van der Waals surface area (Å²) in [7, 11) is 3.81. The molecule has 4 rings (SSSR count). The fraction of sp³-hybridized carbons (Fsp3) is 0.615. The Morgan fingerprint density at radius 2 is 1.91 bits per heavy atom. The van der Waals surface area contributed by atoms with Gasteiger partial charge in [-0.05, 0) is 78.6 Å². The fourth-order valence-electron chi connectivity index (χ4n) is 5.77. The normalized spacial score (nSPS) is 25.6. The number of piperidine rings is 1. The summed E-state index contributed by atoms with van der Waals surface area (Å²) in [5, 5.41) is 4.18. The molecule has 0 bridgehead atoms. The van der Waals surface area contributed by atoms with E-state index in [1.807, 2.05) is 47.6 Å². The maximum atomic E-state index is 14.0. The van der Waals surface area contributed by atoms with E-state index in [-0.39, 0.29) is 23.9 Å². The Labute approximate surface area is 196 Å². The van der Waals surface area contributed by atoms with Crippen molar-refractivity contribution < 1.29 is 14.3 Å². The van der Waals surface area contributed by atoms with E-state index in [4.69, 9.17) is 4.74 Å². The summed E-state index contributed by atoms with van der Waals surface area (Å²) in [5.41, 5.74) is 1.80. The number of H-pyrrole nitrogens is 1. The van der Waals surface area contributed by atoms with Crippen molar-refractivity contribution in [3.63, 3.8) is 0 Å². The summed E-state index contributed by atoms with van der Waals surface area (Å²) in [4.78, 5) is 34.2. The van der Waals surface area contributed by atoms with Crippen LogP contribution in [0.25, 0.3) is 10.9 Å². The lowest BCUT2D eigenvalue weighted by molar-refractivity contribution is -0.156. The number of fused-ring (bicyclic) bond motifs is 2. The molecule has 0 saturated carbocycles. The molecule has 2 N–H and O–H groups in total. The molecule has 180 valence electrons. The van der Waals surface area contributed by atoms with Crippen molar-refractivity contribution in [2.45, 2.75) is 77.1 Å². The lowest BCUT2D eigenvalue weighted by Crippen LogP contribution is -2.64. The highest BCUT2D eigenvalue weighted by Gasteiger charge is 2.54. The molecule has 2 aromatic rings. The number of imide groups is 1. The number of carbonyl (C=O) groups is 2. The zero-order chi connectivity index (χ0) is 24.3. The number of urea groups is 1. The van der Waals surface area contributed by atoms with Gasteiger partial charge in [-0.3, -0.25) is 14.6 Å². The van der Waals surface area contributed by atoms with Crippen molar-refractivity contribution >= 4 is 22.8 Å². The monoisotopic (exact) mass is 454 g/mol. The molecule has 2 aliphatic rings. The minimum atomic E-state index is -0.650. The average Bonchev–Trinajstić information content (AvgIpc) is 3.10. The van der Waals surface area contributed by atoms with Crippen molar-refractivity contribution in [2.75, 3.05) is 20.7 Å². The topological polar surface area (TPSA) is 77.7 Å². The first-order chi connectivity index (χ1) is 15.3. The van der Waals surface area contributed by atoms with Crippen LogP contribution in [-0.2, 0) is 21.6 Å². The smallest absolute Gasteiger partial charge is 0.324 e. The Morgan fingerprint density at radius 1 is 1.21 bits per heavy atom. The molecule has 2 heterocycles. The van der Waals surface area contributed by atoms with Crippen LogP contribution >= 0.6 is 0 Å². The number of aromatic amines is 1. The third-order valence-corrected chi connectivity index (χ3v) is 7.07. The van der Waals surface area contributed by atoms with Crippen LogP contribution in [0.2, 0.25) is 0 Å². The van der Waals surface area contributed by atoms with Crippen molar-refractivity contribution in [1.29, 1.82) is 0 Å². The molecular formula is C26H38N4O3. The Kier molecular flexibility index (Phi) is 5.65. The summed E-state index contributed by atoms with van der Waals surface area (Å²) < 4.78 is 6.33. The van der Waals surface area contributed by atoms with Crippen LogP contribution < -0.4 is 5.32 Å². The third kappa shape index (κ3) is 3.95. The highest BCUT2D eigenvalue weighted by molar-refractivity contribution is 5.97. The van der Waals surface area contributed by atoms with Crippen molar-refractivity contribution in [3.05, 3.63) is 35.5 Å². The van der Waals surface area contributed by atoms with Gasteiger partial charge in [-0.1, -0.05) is 12.1 Å². The van der Waals surface area contributed by atoms with Crippen LogP contribution in [0.4, 0.5) is 4.79 Å². The Balaban J connectivity index is 1.74. The summed E-state index contributed by atoms with van der Waals surface area (Å²) >= 11 is 0. The second-order valence-corrected chi connectivity index (χ2v) is 11.7. The Hall–Kier alpha value is -2.38. The van der Waals surface area contributed by atoms with Crippen molar-refractivity contribution in [2.24, 2.45) is 5.92 Å². The predicted octanol–water partition coefficient (Wildman–Crippen LogP) is 4.02. The fourth-order valence-corrected chi connectivity index (χ4v) is 5.77. The summed E-state index contributed by atoms with van der Waals surface area (Å²) in [6.45, 7) is 12.1. The van der Waals surface area contributed by atoms with Gasteiger partial charge in [-0.2, -0.15) is 0 Å². The number of amides is 3. The molecule has 1 aromatic carbocycles. The number of hydrogen-bond acceptors (Lipinski definition) is 4. The molecule has 3 atom stereocenters. The number of aromatic nitrogens is 1. The van der Waals surface area contributed by atoms with Gasteiger partial charge in [0.1, 0.15) is 5.60 Å². The number of ether oxygens (including phenoxy) is 1. The van der Waals surface area contributed by atoms with Crippen LogP contribution in [0.5, 0.6) is 0 Å². The maximum absolute atomic E-state index is 14.0. The molecule has 7 nitrogen and oxygen atoms in total. The van der Waals surface area contributed by atoms with Crippen LogP contribution in [0.15, 0.2) is 24.4 Å². The molecule has 1 fully saturated rings. The number of likely N-dealkylation sites (tertiary alicyclic amines) is 1. The Bertz CT molecular complexity index is 1080. The second kappa shape index (κ2) is 7.84. The largest absolute Gasteiger partial charge is 0.372 e. The summed E-state index contributed by atoms with van der Waals surface area (Å²) in [6.07, 6.45) is 3.49. The Morgan fingerprint density at radius 3 is 2.52 bits per heavy atom. The SMILES string of the molecule is CO[C@@]12CC(C(=O)N(C(=O)NC(C)(C)C)C(C)(C)C)CN(C)[C@@H]1Cc1c[nH]c3cccc2c13. The molecule has 1 aliphatic carbocycles. The van der Waals surface area contributed by atoms with E-state index in [9.17, 15) is 9.59 Å². The number of methoxy groups -OCH3 is 1. The van der Waals surface area contributed by atoms with E-state index in [0.29, 0.717) is 13.0 Å². The number of hydrogen-bond donors (Lipinski definition) is 2. The minimum absolute atomic E-state index is 0.118. The number of rotatable bonds is 2. The highest BCUT2D eigenvalue weighted by Crippen LogP contribution is 2.49. The van der Waals surface area contributed by atoms with E-state index in [1.165, 1.54) is 15.8 Å². The predicted molar refractivity (Wildman–Crippen MR) is 130 cm³/mol. The number of nitrogens with zero attached hydrogens (tertiary/aromatic N) is 2. The second-order valence-electron chi connectivity index (χ2n) is 11.7. The molecule has 1 saturated heterocycles. The third-order valence-electron chi connectivity index (χ3n) is 7.07. The quantitative estimate of drug-likeness (QED) is 0.719. The van der Waals surface area contributed by atoms with Crippen LogP contribution in [0, 0.1) is 5.92 Å². The van der Waals surface area contributed by atoms with E-state index in [1.54, 1.807) is 7.11 Å². The molecule has 33 heavy (non-hydrogen) atoms. The molecule has 1 aliphatic heterocycles. The first-order valence-electron chi connectivity index (χ1n) is 11.8. The van der Waals surface area contributed by atoms with Gasteiger partial charge in [0.25, 0.3) is 0 Å². The van der Waals surface area contributed by atoms with Gasteiger partial charge in [0.15, 0.2) is 0 Å². The minimum Gasteiger partial charge on any atom is -0.372 e. The number of nitrogens with one attached hydrogen (secondary N) is 2. The summed E-state index contributed by atoms with van der Waals surface area (Å²) in [5.74, 6) is -0.523. The van der Waals surface area contributed by atoms with Gasteiger partial charge >= 0.3 is 6.03 Å². The number of likely N-dealkylation sites (N-methyl/N-ethyl adjacent to an activating group) is 1. The first-order valence-corrected chi connectivity index (χ1v) is 11.8. The van der Waals surface area contributed by atoms with E-state index in [2.05, 4.69) is 40.6 Å². The molecule has 0 spiro atoms. The number of carbonyl (C=O) groups excluding carboxylic acids is 2. The highest BCUT2D eigenvalue weighted by atomic mass is 16.5. The van der Waals surface area contributed by atoms with E-state index >= 15 is 0 Å². The zero-order valence-electron chi connectivity index (χ0n) is 21.2. The molecule has 7 heteroatoms. The lowest BCUT2D eigenvalue weighted by atomic mass is 9.68. The van der Waals surface area contributed by atoms with Gasteiger partial charge in [-0.15, -0.1) is 0 Å². The van der Waals surface area contributed by atoms with Crippen molar-refractivity contribution in [3.8, 4) is 0 Å². The van der Waals surface area contributed by atoms with Gasteiger partial charge in [0.05, 0.1) is 5.92 Å². The summed E-state index contributed by atoms with van der Waals surface area (Å²) in [6, 6.07) is 6.02. The molecule has 0 radical (unpaired) electrons. The van der Waals surface area contributed by atoms with Crippen LogP contribution in [0.1, 0.15) is 59.1 Å². The molecule has 3 amide bonds. The van der Waals surface area contributed by atoms with E-state index < -0.39 is 16.7 Å². The first kappa shape index (κ1) is 23.8. The van der Waals surface area contributed by atoms with E-state index in [0.717, 1.165) is 17.5 Å². The average molecular weight is 455 g/mol. The van der Waals surface area contributed by atoms with Gasteiger partial charge < -0.3 is 15.0 Å². The van der Waals surface area contributed by atoms with Crippen LogP contribution in [-0.4, -0.2) is 64.5 Å². The number of benzene rings is 1. The lowest BCUT2D eigenvalue weighted by Gasteiger charge is -2.53. The zero-order valence-corrected chi connectivity index (χ0v) is 21.2. The van der Waals surface area contributed by atoms with Gasteiger partial charge in [-0.25, -0.2) is 4.79 Å². The molecule has 1 unspecified atom stereocenters.